The van der Waals surface area contributed by atoms with E-state index in [1.807, 2.05) is 13.8 Å². The Morgan fingerprint density at radius 1 is 1.17 bits per heavy atom. The van der Waals surface area contributed by atoms with Gasteiger partial charge in [0.05, 0.1) is 18.4 Å². The zero-order chi connectivity index (χ0) is 13.9. The number of rotatable bonds is 6. The van der Waals surface area contributed by atoms with E-state index in [1.165, 1.54) is 4.90 Å². The molecule has 18 heavy (non-hydrogen) atoms. The third kappa shape index (κ3) is 3.21. The highest BCUT2D eigenvalue weighted by Crippen LogP contribution is 2.39. The standard InChI is InChI=1S/C12H20N2O4/c1-4-14(5-2)10(15)7-13(3)11(16)8-6-9(8)12(17)18/h8-9H,4-7H2,1-3H3,(H,17,18). The van der Waals surface area contributed by atoms with Crippen LogP contribution in [0.3, 0.4) is 0 Å². The van der Waals surface area contributed by atoms with Gasteiger partial charge in [-0.3, -0.25) is 14.4 Å². The summed E-state index contributed by atoms with van der Waals surface area (Å²) in [6, 6.07) is 0. The molecule has 1 rings (SSSR count). The van der Waals surface area contributed by atoms with E-state index in [4.69, 9.17) is 5.11 Å². The molecule has 2 unspecified atom stereocenters. The topological polar surface area (TPSA) is 77.9 Å². The molecular formula is C12H20N2O4. The molecule has 1 N–H and O–H groups in total. The highest BCUT2D eigenvalue weighted by Gasteiger charge is 2.49. The molecule has 6 nitrogen and oxygen atoms in total. The lowest BCUT2D eigenvalue weighted by Gasteiger charge is -2.23. The number of carboxylic acids is 1. The van der Waals surface area contributed by atoms with Crippen LogP contribution in [0.25, 0.3) is 0 Å². The number of aliphatic carboxylic acids is 1. The molecule has 0 spiro atoms. The number of nitrogens with zero attached hydrogens (tertiary/aromatic N) is 2. The summed E-state index contributed by atoms with van der Waals surface area (Å²) < 4.78 is 0. The molecule has 1 saturated carbocycles. The highest BCUT2D eigenvalue weighted by atomic mass is 16.4. The summed E-state index contributed by atoms with van der Waals surface area (Å²) in [4.78, 5) is 37.3. The number of carbonyl (C=O) groups is 3. The molecule has 0 aromatic rings. The lowest BCUT2D eigenvalue weighted by Crippen LogP contribution is -2.41. The lowest BCUT2D eigenvalue weighted by molar-refractivity contribution is -0.143. The number of amides is 2. The van der Waals surface area contributed by atoms with Crippen molar-refractivity contribution in [1.29, 1.82) is 0 Å². The van der Waals surface area contributed by atoms with E-state index in [-0.39, 0.29) is 18.4 Å². The minimum absolute atomic E-state index is 0.0172. The summed E-state index contributed by atoms with van der Waals surface area (Å²) in [6.45, 7) is 5.00. The minimum atomic E-state index is -0.934. The molecule has 0 saturated heterocycles. The summed E-state index contributed by atoms with van der Waals surface area (Å²) in [7, 11) is 1.54. The average molecular weight is 256 g/mol. The largest absolute Gasteiger partial charge is 0.481 e. The van der Waals surface area contributed by atoms with Crippen molar-refractivity contribution < 1.29 is 19.5 Å². The molecule has 0 aromatic heterocycles. The van der Waals surface area contributed by atoms with Crippen LogP contribution in [0.15, 0.2) is 0 Å². The quantitative estimate of drug-likeness (QED) is 0.727. The van der Waals surface area contributed by atoms with Crippen molar-refractivity contribution in [2.45, 2.75) is 20.3 Å². The van der Waals surface area contributed by atoms with Crippen molar-refractivity contribution in [1.82, 2.24) is 9.80 Å². The SMILES string of the molecule is CCN(CC)C(=O)CN(C)C(=O)C1CC1C(=O)O. The second-order valence-electron chi connectivity index (χ2n) is 4.55. The molecule has 0 radical (unpaired) electrons. The van der Waals surface area contributed by atoms with E-state index in [1.54, 1.807) is 11.9 Å². The molecule has 102 valence electrons. The molecule has 0 bridgehead atoms. The third-order valence-corrected chi connectivity index (χ3v) is 3.29. The monoisotopic (exact) mass is 256 g/mol. The predicted octanol–water partition coefficient (Wildman–Crippen LogP) is 0.0339. The van der Waals surface area contributed by atoms with Gasteiger partial charge in [-0.1, -0.05) is 0 Å². The molecule has 0 aromatic carbocycles. The Labute approximate surface area is 107 Å². The molecule has 0 aliphatic heterocycles. The smallest absolute Gasteiger partial charge is 0.307 e. The van der Waals surface area contributed by atoms with Crippen LogP contribution in [0.5, 0.6) is 0 Å². The molecular weight excluding hydrogens is 236 g/mol. The number of hydrogen-bond donors (Lipinski definition) is 1. The van der Waals surface area contributed by atoms with Crippen molar-refractivity contribution in [3.63, 3.8) is 0 Å². The Bertz CT molecular complexity index is 352. The van der Waals surface area contributed by atoms with Gasteiger partial charge in [0.1, 0.15) is 0 Å². The van der Waals surface area contributed by atoms with Gasteiger partial charge >= 0.3 is 5.97 Å². The maximum Gasteiger partial charge on any atom is 0.307 e. The maximum atomic E-state index is 11.8. The van der Waals surface area contributed by atoms with Gasteiger partial charge in [0, 0.05) is 20.1 Å². The Morgan fingerprint density at radius 2 is 1.72 bits per heavy atom. The first kappa shape index (κ1) is 14.5. The summed E-state index contributed by atoms with van der Waals surface area (Å²) in [5.41, 5.74) is 0. The van der Waals surface area contributed by atoms with Crippen LogP contribution in [0.2, 0.25) is 0 Å². The Morgan fingerprint density at radius 3 is 2.11 bits per heavy atom. The zero-order valence-electron chi connectivity index (χ0n) is 11.0. The number of carbonyl (C=O) groups excluding carboxylic acids is 2. The van der Waals surface area contributed by atoms with Gasteiger partial charge in [-0.15, -0.1) is 0 Å². The Hall–Kier alpha value is -1.59. The summed E-state index contributed by atoms with van der Waals surface area (Å²) in [5.74, 6) is -2.30. The molecule has 1 aliphatic carbocycles. The fourth-order valence-corrected chi connectivity index (χ4v) is 1.98. The Balaban J connectivity index is 2.46. The van der Waals surface area contributed by atoms with E-state index in [2.05, 4.69) is 0 Å². The fourth-order valence-electron chi connectivity index (χ4n) is 1.98. The van der Waals surface area contributed by atoms with Crippen LogP contribution < -0.4 is 0 Å². The summed E-state index contributed by atoms with van der Waals surface area (Å²) in [5, 5.41) is 8.75. The summed E-state index contributed by atoms with van der Waals surface area (Å²) in [6.07, 6.45) is 0.387. The van der Waals surface area contributed by atoms with Crippen LogP contribution >= 0.6 is 0 Å². The van der Waals surface area contributed by atoms with Crippen molar-refractivity contribution in [2.24, 2.45) is 11.8 Å². The molecule has 6 heteroatoms. The van der Waals surface area contributed by atoms with Crippen molar-refractivity contribution in [2.75, 3.05) is 26.7 Å². The van der Waals surface area contributed by atoms with Crippen molar-refractivity contribution in [3.8, 4) is 0 Å². The van der Waals surface area contributed by atoms with E-state index < -0.39 is 17.8 Å². The highest BCUT2D eigenvalue weighted by molar-refractivity contribution is 5.91. The number of likely N-dealkylation sites (N-methyl/N-ethyl adjacent to an activating group) is 2. The fraction of sp³-hybridized carbons (Fsp3) is 0.750. The second kappa shape index (κ2) is 5.84. The average Bonchev–Trinajstić information content (AvgIpc) is 3.09. The van der Waals surface area contributed by atoms with Crippen LogP contribution in [0.4, 0.5) is 0 Å². The number of carboxylic acid groups (broad SMARTS) is 1. The van der Waals surface area contributed by atoms with E-state index >= 15 is 0 Å². The Kier molecular flexibility index (Phi) is 4.69. The van der Waals surface area contributed by atoms with Gasteiger partial charge in [-0.05, 0) is 20.3 Å². The van der Waals surface area contributed by atoms with E-state index in [9.17, 15) is 14.4 Å². The van der Waals surface area contributed by atoms with Gasteiger partial charge in [-0.2, -0.15) is 0 Å². The lowest BCUT2D eigenvalue weighted by atomic mass is 10.3. The molecule has 1 aliphatic rings. The van der Waals surface area contributed by atoms with Crippen molar-refractivity contribution >= 4 is 17.8 Å². The van der Waals surface area contributed by atoms with Gasteiger partial charge in [0.15, 0.2) is 0 Å². The summed E-state index contributed by atoms with van der Waals surface area (Å²) >= 11 is 0. The predicted molar refractivity (Wildman–Crippen MR) is 64.8 cm³/mol. The zero-order valence-corrected chi connectivity index (χ0v) is 11.0. The first-order valence-corrected chi connectivity index (χ1v) is 6.17. The van der Waals surface area contributed by atoms with E-state index in [0.29, 0.717) is 19.5 Å². The van der Waals surface area contributed by atoms with Gasteiger partial charge in [0.2, 0.25) is 11.8 Å². The van der Waals surface area contributed by atoms with Crippen LogP contribution in [-0.2, 0) is 14.4 Å². The van der Waals surface area contributed by atoms with Crippen LogP contribution in [0.1, 0.15) is 20.3 Å². The molecule has 1 fully saturated rings. The molecule has 2 amide bonds. The van der Waals surface area contributed by atoms with Crippen LogP contribution in [0, 0.1) is 11.8 Å². The number of hydrogen-bond acceptors (Lipinski definition) is 3. The van der Waals surface area contributed by atoms with Gasteiger partial charge in [-0.25, -0.2) is 0 Å². The normalized spacial score (nSPS) is 21.3. The second-order valence-corrected chi connectivity index (χ2v) is 4.55. The van der Waals surface area contributed by atoms with Gasteiger partial charge < -0.3 is 14.9 Å². The third-order valence-electron chi connectivity index (χ3n) is 3.29. The van der Waals surface area contributed by atoms with E-state index in [0.717, 1.165) is 0 Å². The van der Waals surface area contributed by atoms with Crippen LogP contribution in [-0.4, -0.2) is 59.4 Å². The first-order chi connectivity index (χ1) is 8.42. The molecule has 0 heterocycles. The first-order valence-electron chi connectivity index (χ1n) is 6.17. The molecule has 2 atom stereocenters. The maximum absolute atomic E-state index is 11.8. The minimum Gasteiger partial charge on any atom is -0.481 e. The van der Waals surface area contributed by atoms with Crippen molar-refractivity contribution in [3.05, 3.63) is 0 Å². The van der Waals surface area contributed by atoms with Gasteiger partial charge in [0.25, 0.3) is 0 Å².